The summed E-state index contributed by atoms with van der Waals surface area (Å²) < 4.78 is 32.4. The molecular weight excluding hydrogens is 520 g/mol. The van der Waals surface area contributed by atoms with Gasteiger partial charge < -0.3 is 19.2 Å². The number of quaternary nitrogens is 1. The molecule has 0 bridgehead atoms. The highest BCUT2D eigenvalue weighted by Gasteiger charge is 2.47. The molecule has 0 spiro atoms. The predicted molar refractivity (Wildman–Crippen MR) is 151 cm³/mol. The summed E-state index contributed by atoms with van der Waals surface area (Å²) in [5.74, 6) is -1.17. The topological polar surface area (TPSA) is 116 Å². The molecule has 2 aliphatic heterocycles. The average molecular weight is 568 g/mol. The zero-order chi connectivity index (χ0) is 28.8. The van der Waals surface area contributed by atoms with Gasteiger partial charge in [0, 0.05) is 51.0 Å². The van der Waals surface area contributed by atoms with E-state index in [1.165, 1.54) is 0 Å². The summed E-state index contributed by atoms with van der Waals surface area (Å²) in [6.07, 6.45) is 4.96. The van der Waals surface area contributed by atoms with E-state index in [2.05, 4.69) is 32.8 Å². The lowest BCUT2D eigenvalue weighted by Gasteiger charge is -2.30. The maximum Gasteiger partial charge on any atom is 0.308 e. The highest BCUT2D eigenvalue weighted by molar-refractivity contribution is 7.88. The SMILES string of the molecule is CCCCN(CCC[N+](C)(C)C)C(=O)CN1C[C@H](c2ccc3c(c2)CCO3)[C@@H](C(=O)O)[C@@H]1CCNS(C)(=O)=O. The zero-order valence-corrected chi connectivity index (χ0v) is 25.0. The van der Waals surface area contributed by atoms with Crippen molar-refractivity contribution in [3.63, 3.8) is 0 Å². The van der Waals surface area contributed by atoms with Crippen LogP contribution in [0.15, 0.2) is 18.2 Å². The molecule has 1 fully saturated rings. The van der Waals surface area contributed by atoms with Crippen LogP contribution in [0.4, 0.5) is 0 Å². The van der Waals surface area contributed by atoms with Crippen molar-refractivity contribution in [2.24, 2.45) is 5.92 Å². The number of unbranched alkanes of at least 4 members (excludes halogenated alkanes) is 1. The van der Waals surface area contributed by atoms with Gasteiger partial charge in [-0.15, -0.1) is 0 Å². The van der Waals surface area contributed by atoms with Crippen molar-refractivity contribution in [3.05, 3.63) is 29.3 Å². The van der Waals surface area contributed by atoms with Crippen LogP contribution in [0, 0.1) is 5.92 Å². The maximum absolute atomic E-state index is 13.6. The van der Waals surface area contributed by atoms with Gasteiger partial charge in [0.15, 0.2) is 0 Å². The number of carboxylic acid groups (broad SMARTS) is 1. The Hall–Kier alpha value is -2.21. The molecule has 39 heavy (non-hydrogen) atoms. The van der Waals surface area contributed by atoms with Crippen molar-refractivity contribution in [3.8, 4) is 5.75 Å². The summed E-state index contributed by atoms with van der Waals surface area (Å²) >= 11 is 0. The third kappa shape index (κ3) is 9.16. The highest BCUT2D eigenvalue weighted by atomic mass is 32.2. The lowest BCUT2D eigenvalue weighted by atomic mass is 9.83. The number of nitrogens with zero attached hydrogens (tertiary/aromatic N) is 3. The van der Waals surface area contributed by atoms with Gasteiger partial charge in [-0.2, -0.15) is 0 Å². The Labute approximate surface area is 233 Å². The Kier molecular flexibility index (Phi) is 10.8. The van der Waals surface area contributed by atoms with Gasteiger partial charge >= 0.3 is 5.97 Å². The van der Waals surface area contributed by atoms with Crippen molar-refractivity contribution >= 4 is 21.9 Å². The summed E-state index contributed by atoms with van der Waals surface area (Å²) in [5, 5.41) is 10.4. The van der Waals surface area contributed by atoms with Crippen molar-refractivity contribution in [1.82, 2.24) is 14.5 Å². The van der Waals surface area contributed by atoms with Crippen LogP contribution < -0.4 is 9.46 Å². The average Bonchev–Trinajstić information content (AvgIpc) is 3.44. The van der Waals surface area contributed by atoms with E-state index >= 15 is 0 Å². The molecule has 2 N–H and O–H groups in total. The number of hydrogen-bond acceptors (Lipinski definition) is 6. The van der Waals surface area contributed by atoms with Crippen molar-refractivity contribution in [1.29, 1.82) is 0 Å². The predicted octanol–water partition coefficient (Wildman–Crippen LogP) is 1.75. The first-order valence-corrected chi connectivity index (χ1v) is 15.9. The largest absolute Gasteiger partial charge is 0.493 e. The molecule has 10 nitrogen and oxygen atoms in total. The molecular formula is C28H47N4O6S+. The third-order valence-electron chi connectivity index (χ3n) is 7.71. The third-order valence-corrected chi connectivity index (χ3v) is 8.44. The minimum Gasteiger partial charge on any atom is -0.493 e. The number of sulfonamides is 1. The second kappa shape index (κ2) is 13.4. The number of rotatable bonds is 15. The number of fused-ring (bicyclic) bond motifs is 1. The van der Waals surface area contributed by atoms with Gasteiger partial charge in [0.2, 0.25) is 15.9 Å². The summed E-state index contributed by atoms with van der Waals surface area (Å²) in [5.41, 5.74) is 2.00. The monoisotopic (exact) mass is 567 g/mol. The van der Waals surface area contributed by atoms with Gasteiger partial charge in [0.25, 0.3) is 0 Å². The first kappa shape index (κ1) is 31.3. The minimum absolute atomic E-state index is 0.00178. The van der Waals surface area contributed by atoms with Gasteiger partial charge in [-0.1, -0.05) is 25.5 Å². The summed E-state index contributed by atoms with van der Waals surface area (Å²) in [4.78, 5) is 30.1. The Morgan fingerprint density at radius 1 is 1.21 bits per heavy atom. The molecule has 1 aromatic carbocycles. The van der Waals surface area contributed by atoms with Gasteiger partial charge in [-0.05, 0) is 30.0 Å². The van der Waals surface area contributed by atoms with Crippen LogP contribution in [0.5, 0.6) is 5.75 Å². The number of amides is 1. The smallest absolute Gasteiger partial charge is 0.308 e. The minimum atomic E-state index is -3.42. The molecule has 2 aliphatic rings. The fourth-order valence-electron chi connectivity index (χ4n) is 5.74. The van der Waals surface area contributed by atoms with Gasteiger partial charge in [0.1, 0.15) is 5.75 Å². The molecule has 220 valence electrons. The van der Waals surface area contributed by atoms with Crippen LogP contribution in [0.25, 0.3) is 0 Å². The van der Waals surface area contributed by atoms with E-state index in [1.807, 2.05) is 28.0 Å². The number of carbonyl (C=O) groups is 2. The van der Waals surface area contributed by atoms with Crippen LogP contribution >= 0.6 is 0 Å². The molecule has 0 unspecified atom stereocenters. The number of likely N-dealkylation sites (tertiary alicyclic amines) is 1. The summed E-state index contributed by atoms with van der Waals surface area (Å²) in [7, 11) is 2.98. The molecule has 0 radical (unpaired) electrons. The molecule has 0 aliphatic carbocycles. The van der Waals surface area contributed by atoms with E-state index in [0.717, 1.165) is 59.8 Å². The van der Waals surface area contributed by atoms with Crippen LogP contribution in [0.3, 0.4) is 0 Å². The maximum atomic E-state index is 13.6. The van der Waals surface area contributed by atoms with E-state index in [1.54, 1.807) is 0 Å². The second-order valence-electron chi connectivity index (χ2n) is 12.0. The first-order valence-electron chi connectivity index (χ1n) is 14.0. The molecule has 1 amide bonds. The number of ether oxygens (including phenoxy) is 1. The second-order valence-corrected chi connectivity index (χ2v) is 13.8. The number of carbonyl (C=O) groups excluding carboxylic acids is 1. The van der Waals surface area contributed by atoms with Crippen molar-refractivity contribution < 1.29 is 32.3 Å². The van der Waals surface area contributed by atoms with Crippen LogP contribution in [-0.2, 0) is 26.0 Å². The summed E-state index contributed by atoms with van der Waals surface area (Å²) in [6.45, 7) is 5.67. The molecule has 0 saturated carbocycles. The van der Waals surface area contributed by atoms with Crippen molar-refractivity contribution in [2.75, 3.05) is 73.3 Å². The fraction of sp³-hybridized carbons (Fsp3) is 0.714. The normalized spacial score (nSPS) is 21.5. The molecule has 0 aromatic heterocycles. The number of nitrogens with one attached hydrogen (secondary N) is 1. The Bertz CT molecular complexity index is 1100. The quantitative estimate of drug-likeness (QED) is 0.310. The molecule has 3 atom stereocenters. The van der Waals surface area contributed by atoms with Crippen molar-refractivity contribution in [2.45, 2.75) is 51.0 Å². The van der Waals surface area contributed by atoms with E-state index in [9.17, 15) is 23.1 Å². The van der Waals surface area contributed by atoms with Crippen LogP contribution in [-0.4, -0.2) is 119 Å². The molecule has 1 saturated heterocycles. The Balaban J connectivity index is 1.83. The Morgan fingerprint density at radius 3 is 2.56 bits per heavy atom. The van der Waals surface area contributed by atoms with E-state index < -0.39 is 28.0 Å². The zero-order valence-electron chi connectivity index (χ0n) is 24.2. The van der Waals surface area contributed by atoms with E-state index in [4.69, 9.17) is 4.74 Å². The van der Waals surface area contributed by atoms with Gasteiger partial charge in [-0.3, -0.25) is 14.5 Å². The van der Waals surface area contributed by atoms with Gasteiger partial charge in [-0.25, -0.2) is 13.1 Å². The standard InChI is InChI=1S/C28H46N4O6S/c1-6-7-14-30(15-8-16-32(2,3)4)26(33)20-31-19-23(21-9-10-25-22(18-21)12-17-38-25)27(28(34)35)24(31)11-13-29-39(5,36)37/h9-10,18,23-24,27,29H,6-8,11-17,19-20H2,1-5H3/p+1/t23-,24+,27-/m1/s1. The van der Waals surface area contributed by atoms with Crippen LogP contribution in [0.2, 0.25) is 0 Å². The number of benzene rings is 1. The number of hydrogen-bond donors (Lipinski definition) is 2. The lowest BCUT2D eigenvalue weighted by Crippen LogP contribution is -2.46. The number of aliphatic carboxylic acids is 1. The molecule has 2 heterocycles. The molecule has 11 heteroatoms. The Morgan fingerprint density at radius 2 is 1.92 bits per heavy atom. The first-order chi connectivity index (χ1) is 18.3. The summed E-state index contributed by atoms with van der Waals surface area (Å²) in [6, 6.07) is 5.40. The number of carboxylic acids is 1. The van der Waals surface area contributed by atoms with Gasteiger partial charge in [0.05, 0.1) is 53.0 Å². The molecule has 1 aromatic rings. The highest BCUT2D eigenvalue weighted by Crippen LogP contribution is 2.41. The lowest BCUT2D eigenvalue weighted by molar-refractivity contribution is -0.870. The van der Waals surface area contributed by atoms with E-state index in [-0.39, 0.29) is 24.9 Å². The fourth-order valence-corrected chi connectivity index (χ4v) is 6.23. The van der Waals surface area contributed by atoms with E-state index in [0.29, 0.717) is 32.7 Å². The van der Waals surface area contributed by atoms with Crippen LogP contribution in [0.1, 0.15) is 49.7 Å². The molecule has 3 rings (SSSR count).